The van der Waals surface area contributed by atoms with E-state index in [0.717, 1.165) is 0 Å². The highest BCUT2D eigenvalue weighted by atomic mass is 16.2. The van der Waals surface area contributed by atoms with Crippen LogP contribution in [0.1, 0.15) is 43.3 Å². The molecular weight excluding hydrogens is 174 g/mol. The Morgan fingerprint density at radius 1 is 1.50 bits per heavy atom. The molecule has 0 saturated heterocycles. The molecule has 0 bridgehead atoms. The van der Waals surface area contributed by atoms with E-state index in [0.29, 0.717) is 5.56 Å². The van der Waals surface area contributed by atoms with Gasteiger partial charge in [0.25, 0.3) is 5.91 Å². The van der Waals surface area contributed by atoms with Crippen LogP contribution in [0.15, 0.2) is 24.3 Å². The normalized spacial score (nSPS) is 24.4. The van der Waals surface area contributed by atoms with Crippen molar-refractivity contribution in [3.05, 3.63) is 35.4 Å². The Hall–Kier alpha value is -1.31. The minimum Gasteiger partial charge on any atom is -0.339 e. The number of carbonyl (C=O) groups excluding carboxylic acids is 1. The summed E-state index contributed by atoms with van der Waals surface area (Å²) in [5, 5.41) is 0. The average molecular weight is 201 g/mol. The van der Waals surface area contributed by atoms with Crippen molar-refractivity contribution in [3.63, 3.8) is 0 Å². The van der Waals surface area contributed by atoms with Crippen molar-refractivity contribution in [1.29, 1.82) is 0 Å². The van der Waals surface area contributed by atoms with Crippen LogP contribution in [-0.2, 0) is 0 Å². The van der Waals surface area contributed by atoms with Gasteiger partial charge >= 0.3 is 0 Å². The lowest BCUT2D eigenvalue weighted by Gasteiger charge is -2.18. The molecule has 0 aromatic heterocycles. The van der Waals surface area contributed by atoms with E-state index in [1.807, 2.05) is 0 Å². The van der Waals surface area contributed by atoms with Gasteiger partial charge in [-0.3, -0.25) is 4.79 Å². The van der Waals surface area contributed by atoms with E-state index >= 15 is 0 Å². The lowest BCUT2D eigenvalue weighted by Crippen LogP contribution is -2.30. The summed E-state index contributed by atoms with van der Waals surface area (Å²) in [6, 6.07) is 5.59. The number of rotatable bonds is 3. The summed E-state index contributed by atoms with van der Waals surface area (Å²) in [6.07, 6.45) is 0. The van der Waals surface area contributed by atoms with E-state index in [4.69, 9.17) is 13.7 Å². The molecule has 0 saturated carbocycles. The van der Waals surface area contributed by atoms with E-state index in [-0.39, 0.29) is 10.5 Å². The topological polar surface area (TPSA) is 20.3 Å². The van der Waals surface area contributed by atoms with E-state index in [9.17, 15) is 4.79 Å². The number of hydrogen-bond acceptors (Lipinski definition) is 1. The van der Waals surface area contributed by atoms with Gasteiger partial charge in [0, 0.05) is 32.3 Å². The fourth-order valence-electron chi connectivity index (χ4n) is 1.04. The standard InChI is InChI=1S/C12H17NO/c1-4-13(5-2)12(14)11-8-6-7-10(3)9-11/h6-9H,4-5H2,1-3H3/i1D3,2D3,4D2,5D2. The van der Waals surface area contributed by atoms with Crippen molar-refractivity contribution in [2.75, 3.05) is 13.0 Å². The van der Waals surface area contributed by atoms with Crippen LogP contribution in [0.2, 0.25) is 0 Å². The molecule has 0 radical (unpaired) electrons. The predicted molar refractivity (Wildman–Crippen MR) is 58.4 cm³/mol. The maximum atomic E-state index is 12.6. The summed E-state index contributed by atoms with van der Waals surface area (Å²) < 4.78 is 74.5. The van der Waals surface area contributed by atoms with E-state index < -0.39 is 32.6 Å². The molecule has 0 atom stereocenters. The van der Waals surface area contributed by atoms with Crippen LogP contribution in [-0.4, -0.2) is 23.8 Å². The molecule has 76 valence electrons. The van der Waals surface area contributed by atoms with Crippen LogP contribution >= 0.6 is 0 Å². The molecule has 2 nitrogen and oxygen atoms in total. The summed E-state index contributed by atoms with van der Waals surface area (Å²) in [5.74, 6) is -1.36. The summed E-state index contributed by atoms with van der Waals surface area (Å²) in [5.41, 5.74) is 0.376. The molecule has 0 unspecified atom stereocenters. The van der Waals surface area contributed by atoms with Crippen LogP contribution in [0.25, 0.3) is 0 Å². The number of amides is 1. The van der Waals surface area contributed by atoms with E-state index in [1.165, 1.54) is 18.2 Å². The van der Waals surface area contributed by atoms with E-state index in [1.54, 1.807) is 13.0 Å². The van der Waals surface area contributed by atoms with Gasteiger partial charge in [0.1, 0.15) is 0 Å². The van der Waals surface area contributed by atoms with Gasteiger partial charge in [-0.05, 0) is 32.8 Å². The first-order valence-corrected chi connectivity index (χ1v) is 3.95. The molecule has 1 amide bonds. The Labute approximate surface area is 99.6 Å². The molecule has 2 heteroatoms. The second-order valence-corrected chi connectivity index (χ2v) is 2.73. The molecule has 0 heterocycles. The van der Waals surface area contributed by atoms with Crippen LogP contribution in [0.3, 0.4) is 0 Å². The maximum absolute atomic E-state index is 12.6. The first-order valence-electron chi connectivity index (χ1n) is 8.95. The Balaban J connectivity index is 3.59. The summed E-state index contributed by atoms with van der Waals surface area (Å²) >= 11 is 0. The maximum Gasteiger partial charge on any atom is 0.253 e. The first kappa shape index (κ1) is 3.37. The molecule has 0 N–H and O–H groups in total. The molecule has 14 heavy (non-hydrogen) atoms. The molecule has 0 spiro atoms. The average Bonchev–Trinajstić information content (AvgIpc) is 2.35. The van der Waals surface area contributed by atoms with Crippen LogP contribution in [0.4, 0.5) is 0 Å². The van der Waals surface area contributed by atoms with Gasteiger partial charge in [-0.25, -0.2) is 0 Å². The fraction of sp³-hybridized carbons (Fsp3) is 0.417. The van der Waals surface area contributed by atoms with Gasteiger partial charge in [-0.15, -0.1) is 0 Å². The third-order valence-corrected chi connectivity index (χ3v) is 1.69. The Bertz CT molecular complexity index is 593. The van der Waals surface area contributed by atoms with Crippen molar-refractivity contribution in [3.8, 4) is 0 Å². The molecule has 0 aliphatic carbocycles. The van der Waals surface area contributed by atoms with E-state index in [2.05, 4.69) is 0 Å². The van der Waals surface area contributed by atoms with Gasteiger partial charge < -0.3 is 4.90 Å². The molecule has 0 aliphatic heterocycles. The zero-order valence-electron chi connectivity index (χ0n) is 17.7. The van der Waals surface area contributed by atoms with Crippen molar-refractivity contribution in [1.82, 2.24) is 4.90 Å². The molecule has 1 rings (SSSR count). The van der Waals surface area contributed by atoms with Crippen LogP contribution in [0, 0.1) is 6.92 Å². The highest BCUT2D eigenvalue weighted by Gasteiger charge is 2.11. The lowest BCUT2D eigenvalue weighted by molar-refractivity contribution is 0.0773. The van der Waals surface area contributed by atoms with Crippen molar-refractivity contribution in [2.45, 2.75) is 20.6 Å². The molecule has 0 aliphatic rings. The van der Waals surface area contributed by atoms with Gasteiger partial charge in [0.05, 0.1) is 0 Å². The Morgan fingerprint density at radius 3 is 2.79 bits per heavy atom. The first-order chi connectivity index (χ1) is 10.5. The van der Waals surface area contributed by atoms with Gasteiger partial charge in [0.15, 0.2) is 0 Å². The minimum absolute atomic E-state index is 0.212. The Kier molecular flexibility index (Phi) is 1.15. The lowest BCUT2D eigenvalue weighted by atomic mass is 10.1. The highest BCUT2D eigenvalue weighted by Crippen LogP contribution is 2.07. The quantitative estimate of drug-likeness (QED) is 0.735. The van der Waals surface area contributed by atoms with Gasteiger partial charge in [-0.1, -0.05) is 17.7 Å². The Morgan fingerprint density at radius 2 is 2.21 bits per heavy atom. The van der Waals surface area contributed by atoms with Gasteiger partial charge in [-0.2, -0.15) is 0 Å². The predicted octanol–water partition coefficient (Wildman–Crippen LogP) is 2.48. The fourth-order valence-corrected chi connectivity index (χ4v) is 1.04. The smallest absolute Gasteiger partial charge is 0.253 e. The number of benzene rings is 1. The SMILES string of the molecule is [2H]C([2H])([2H])C([2H])([2H])N(C(=O)c1cccc(C)c1)C([2H])([2H])C([2H])([2H])[2H]. The largest absolute Gasteiger partial charge is 0.339 e. The van der Waals surface area contributed by atoms with Crippen molar-refractivity contribution < 1.29 is 18.5 Å². The zero-order chi connectivity index (χ0) is 19.1. The van der Waals surface area contributed by atoms with Crippen molar-refractivity contribution >= 4 is 5.91 Å². The van der Waals surface area contributed by atoms with Gasteiger partial charge in [0.2, 0.25) is 0 Å². The van der Waals surface area contributed by atoms with Crippen LogP contribution < -0.4 is 0 Å². The monoisotopic (exact) mass is 201 g/mol. The molecule has 0 fully saturated rings. The number of carbonyl (C=O) groups is 1. The third-order valence-electron chi connectivity index (χ3n) is 1.69. The zero-order valence-corrected chi connectivity index (χ0v) is 7.66. The summed E-state index contributed by atoms with van der Waals surface area (Å²) in [6.45, 7) is -12.4. The van der Waals surface area contributed by atoms with Crippen molar-refractivity contribution in [2.24, 2.45) is 0 Å². The minimum atomic E-state index is -3.54. The number of nitrogens with zero attached hydrogens (tertiary/aromatic N) is 1. The summed E-state index contributed by atoms with van der Waals surface area (Å²) in [4.78, 5) is 12.3. The third kappa shape index (κ3) is 2.34. The summed E-state index contributed by atoms with van der Waals surface area (Å²) in [7, 11) is 0. The second kappa shape index (κ2) is 4.80. The second-order valence-electron chi connectivity index (χ2n) is 2.73. The van der Waals surface area contributed by atoms with Crippen LogP contribution in [0.5, 0.6) is 0 Å². The highest BCUT2D eigenvalue weighted by molar-refractivity contribution is 5.94. The molecule has 1 aromatic carbocycles. The molecule has 1 aromatic rings. The number of aryl methyl sites for hydroxylation is 1. The number of hydrogen-bond donors (Lipinski definition) is 0. The molecular formula is C12H17NO.